The van der Waals surface area contributed by atoms with Gasteiger partial charge in [-0.2, -0.15) is 0 Å². The van der Waals surface area contributed by atoms with Gasteiger partial charge in [0.15, 0.2) is 0 Å². The average Bonchev–Trinajstić information content (AvgIpc) is 2.38. The number of rotatable bonds is 6. The van der Waals surface area contributed by atoms with Crippen molar-refractivity contribution in [2.75, 3.05) is 32.0 Å². The van der Waals surface area contributed by atoms with E-state index in [-0.39, 0.29) is 24.9 Å². The summed E-state index contributed by atoms with van der Waals surface area (Å²) in [7, 11) is 1.73. The van der Waals surface area contributed by atoms with Crippen LogP contribution >= 0.6 is 0 Å². The lowest BCUT2D eigenvalue weighted by Gasteiger charge is -2.14. The highest BCUT2D eigenvalue weighted by atomic mass is 16.2. The van der Waals surface area contributed by atoms with Gasteiger partial charge in [0.25, 0.3) is 0 Å². The van der Waals surface area contributed by atoms with E-state index in [0.29, 0.717) is 6.54 Å². The van der Waals surface area contributed by atoms with Crippen LogP contribution in [-0.2, 0) is 9.59 Å². The lowest BCUT2D eigenvalue weighted by molar-refractivity contribution is -0.128. The zero-order chi connectivity index (χ0) is 13.4. The molecule has 2 N–H and O–H groups in total. The van der Waals surface area contributed by atoms with Crippen LogP contribution in [0, 0.1) is 0 Å². The molecule has 0 aliphatic heterocycles. The highest BCUT2D eigenvalue weighted by Crippen LogP contribution is 2.03. The van der Waals surface area contributed by atoms with E-state index >= 15 is 0 Å². The highest BCUT2D eigenvalue weighted by Gasteiger charge is 2.07. The number of anilines is 1. The van der Waals surface area contributed by atoms with Crippen LogP contribution in [0.25, 0.3) is 0 Å². The van der Waals surface area contributed by atoms with Crippen molar-refractivity contribution < 1.29 is 9.59 Å². The van der Waals surface area contributed by atoms with Crippen LogP contribution < -0.4 is 10.6 Å². The lowest BCUT2D eigenvalue weighted by Crippen LogP contribution is -2.38. The second kappa shape index (κ2) is 7.45. The van der Waals surface area contributed by atoms with Crippen molar-refractivity contribution in [1.82, 2.24) is 10.2 Å². The first-order chi connectivity index (χ1) is 8.63. The fourth-order valence-electron chi connectivity index (χ4n) is 1.32. The molecule has 0 saturated carbocycles. The number of hydrogen-bond acceptors (Lipinski definition) is 3. The number of carbonyl (C=O) groups excluding carboxylic acids is 2. The fourth-order valence-corrected chi connectivity index (χ4v) is 1.32. The lowest BCUT2D eigenvalue weighted by atomic mass is 10.3. The van der Waals surface area contributed by atoms with Crippen LogP contribution in [0.15, 0.2) is 30.3 Å². The molecule has 0 aliphatic rings. The van der Waals surface area contributed by atoms with Crippen LogP contribution in [0.3, 0.4) is 0 Å². The van der Waals surface area contributed by atoms with Gasteiger partial charge in [0.1, 0.15) is 0 Å². The molecule has 0 aliphatic carbocycles. The van der Waals surface area contributed by atoms with Crippen LogP contribution in [0.4, 0.5) is 5.69 Å². The Bertz CT molecular complexity index is 392. The van der Waals surface area contributed by atoms with E-state index in [1.807, 2.05) is 37.3 Å². The minimum absolute atomic E-state index is 0.0231. The third kappa shape index (κ3) is 4.97. The van der Waals surface area contributed by atoms with Crippen molar-refractivity contribution in [2.24, 2.45) is 0 Å². The number of nitrogens with one attached hydrogen (secondary N) is 2. The summed E-state index contributed by atoms with van der Waals surface area (Å²) in [5.41, 5.74) is 0.751. The molecule has 5 nitrogen and oxygen atoms in total. The van der Waals surface area contributed by atoms with Crippen LogP contribution in [0.5, 0.6) is 0 Å². The van der Waals surface area contributed by atoms with E-state index in [1.165, 1.54) is 0 Å². The second-order valence-electron chi connectivity index (χ2n) is 3.93. The Hall–Kier alpha value is -1.88. The summed E-state index contributed by atoms with van der Waals surface area (Å²) in [6, 6.07) is 9.21. The third-order valence-corrected chi connectivity index (χ3v) is 2.52. The Morgan fingerprint density at radius 1 is 1.17 bits per heavy atom. The van der Waals surface area contributed by atoms with Crippen LogP contribution in [0.2, 0.25) is 0 Å². The monoisotopic (exact) mass is 249 g/mol. The molecule has 0 bridgehead atoms. The molecule has 1 rings (SSSR count). The highest BCUT2D eigenvalue weighted by molar-refractivity contribution is 5.92. The Balaban J connectivity index is 2.24. The summed E-state index contributed by atoms with van der Waals surface area (Å²) in [5, 5.41) is 5.55. The summed E-state index contributed by atoms with van der Waals surface area (Å²) in [5.74, 6) is -0.182. The van der Waals surface area contributed by atoms with Gasteiger partial charge in [-0.05, 0) is 19.1 Å². The number of para-hydroxylation sites is 1. The quantitative estimate of drug-likeness (QED) is 0.780. The molecular formula is C13H19N3O2. The standard InChI is InChI=1S/C13H19N3O2/c1-3-16(2)13(18)10-14-9-12(17)15-11-7-5-4-6-8-11/h4-8,14H,3,9-10H2,1-2H3,(H,15,17). The number of amides is 2. The van der Waals surface area contributed by atoms with Crippen molar-refractivity contribution in [3.05, 3.63) is 30.3 Å². The molecule has 0 fully saturated rings. The molecule has 0 unspecified atom stereocenters. The minimum Gasteiger partial charge on any atom is -0.345 e. The molecule has 0 spiro atoms. The summed E-state index contributed by atoms with van der Waals surface area (Å²) < 4.78 is 0. The first-order valence-electron chi connectivity index (χ1n) is 5.93. The maximum Gasteiger partial charge on any atom is 0.238 e. The van der Waals surface area contributed by atoms with Crippen LogP contribution in [-0.4, -0.2) is 43.4 Å². The molecule has 0 saturated heterocycles. The molecule has 0 atom stereocenters. The third-order valence-electron chi connectivity index (χ3n) is 2.52. The molecule has 0 radical (unpaired) electrons. The molecule has 5 heteroatoms. The van der Waals surface area contributed by atoms with E-state index in [0.717, 1.165) is 5.69 Å². The van der Waals surface area contributed by atoms with Gasteiger partial charge in [-0.15, -0.1) is 0 Å². The average molecular weight is 249 g/mol. The Morgan fingerprint density at radius 2 is 1.83 bits per heavy atom. The van der Waals surface area contributed by atoms with Crippen LogP contribution in [0.1, 0.15) is 6.92 Å². The number of benzene rings is 1. The summed E-state index contributed by atoms with van der Waals surface area (Å²) in [4.78, 5) is 24.6. The van der Waals surface area contributed by atoms with Crippen molar-refractivity contribution in [1.29, 1.82) is 0 Å². The van der Waals surface area contributed by atoms with Gasteiger partial charge >= 0.3 is 0 Å². The van der Waals surface area contributed by atoms with E-state index in [4.69, 9.17) is 0 Å². The maximum atomic E-state index is 11.5. The normalized spacial score (nSPS) is 9.89. The van der Waals surface area contributed by atoms with E-state index in [9.17, 15) is 9.59 Å². The zero-order valence-electron chi connectivity index (χ0n) is 10.8. The number of likely N-dealkylation sites (N-methyl/N-ethyl adjacent to an activating group) is 1. The summed E-state index contributed by atoms with van der Waals surface area (Å²) in [6.07, 6.45) is 0. The largest absolute Gasteiger partial charge is 0.345 e. The molecule has 1 aromatic carbocycles. The predicted molar refractivity (Wildman–Crippen MR) is 71.3 cm³/mol. The first-order valence-corrected chi connectivity index (χ1v) is 5.93. The topological polar surface area (TPSA) is 61.4 Å². The Kier molecular flexibility index (Phi) is 5.87. The second-order valence-corrected chi connectivity index (χ2v) is 3.93. The van der Waals surface area contributed by atoms with Gasteiger partial charge in [0.05, 0.1) is 13.1 Å². The Labute approximate surface area is 107 Å². The van der Waals surface area contributed by atoms with Gasteiger partial charge in [-0.3, -0.25) is 14.9 Å². The zero-order valence-corrected chi connectivity index (χ0v) is 10.8. The van der Waals surface area contributed by atoms with E-state index < -0.39 is 0 Å². The SMILES string of the molecule is CCN(C)C(=O)CNCC(=O)Nc1ccccc1. The van der Waals surface area contributed by atoms with Gasteiger partial charge in [-0.1, -0.05) is 18.2 Å². The Morgan fingerprint density at radius 3 is 2.44 bits per heavy atom. The van der Waals surface area contributed by atoms with Gasteiger partial charge in [0, 0.05) is 19.3 Å². The summed E-state index contributed by atoms with van der Waals surface area (Å²) in [6.45, 7) is 2.86. The van der Waals surface area contributed by atoms with Crippen molar-refractivity contribution in [2.45, 2.75) is 6.92 Å². The minimum atomic E-state index is -0.159. The van der Waals surface area contributed by atoms with Crippen molar-refractivity contribution in [3.8, 4) is 0 Å². The summed E-state index contributed by atoms with van der Waals surface area (Å²) >= 11 is 0. The number of hydrogen-bond donors (Lipinski definition) is 2. The van der Waals surface area contributed by atoms with Gasteiger partial charge in [0.2, 0.25) is 11.8 Å². The maximum absolute atomic E-state index is 11.5. The molecule has 0 heterocycles. The number of carbonyl (C=O) groups is 2. The molecule has 2 amide bonds. The molecule has 18 heavy (non-hydrogen) atoms. The van der Waals surface area contributed by atoms with E-state index in [2.05, 4.69) is 10.6 Å². The number of nitrogens with zero attached hydrogens (tertiary/aromatic N) is 1. The van der Waals surface area contributed by atoms with Gasteiger partial charge < -0.3 is 10.2 Å². The first kappa shape index (κ1) is 14.2. The molecule has 0 aromatic heterocycles. The molecule has 1 aromatic rings. The molecular weight excluding hydrogens is 230 g/mol. The fraction of sp³-hybridized carbons (Fsp3) is 0.385. The van der Waals surface area contributed by atoms with Gasteiger partial charge in [-0.25, -0.2) is 0 Å². The van der Waals surface area contributed by atoms with E-state index in [1.54, 1.807) is 11.9 Å². The predicted octanol–water partition coefficient (Wildman–Crippen LogP) is 0.693. The molecule has 98 valence electrons. The van der Waals surface area contributed by atoms with Crippen molar-refractivity contribution in [3.63, 3.8) is 0 Å². The smallest absolute Gasteiger partial charge is 0.238 e. The van der Waals surface area contributed by atoms with Crippen molar-refractivity contribution >= 4 is 17.5 Å².